The van der Waals surface area contributed by atoms with E-state index in [1.54, 1.807) is 0 Å². The van der Waals surface area contributed by atoms with Crippen LogP contribution in [-0.2, 0) is 4.74 Å². The molecule has 0 saturated carbocycles. The first-order chi connectivity index (χ1) is 10.2. The van der Waals surface area contributed by atoms with E-state index in [-0.39, 0.29) is 6.04 Å². The van der Waals surface area contributed by atoms with Gasteiger partial charge >= 0.3 is 0 Å². The number of rotatable bonds is 7. The summed E-state index contributed by atoms with van der Waals surface area (Å²) in [6.07, 6.45) is 2.13. The van der Waals surface area contributed by atoms with Gasteiger partial charge in [-0.15, -0.1) is 0 Å². The molecule has 0 aromatic heterocycles. The van der Waals surface area contributed by atoms with E-state index in [0.717, 1.165) is 57.8 Å². The maximum absolute atomic E-state index is 6.38. The Morgan fingerprint density at radius 3 is 2.76 bits per heavy atom. The van der Waals surface area contributed by atoms with Gasteiger partial charge in [-0.25, -0.2) is 0 Å². The molecule has 1 aliphatic heterocycles. The van der Waals surface area contributed by atoms with E-state index >= 15 is 0 Å². The minimum atomic E-state index is 0.249. The third kappa shape index (κ3) is 5.11. The molecule has 0 bridgehead atoms. The summed E-state index contributed by atoms with van der Waals surface area (Å²) < 4.78 is 5.40. The van der Waals surface area contributed by atoms with Crippen molar-refractivity contribution in [3.8, 4) is 0 Å². The summed E-state index contributed by atoms with van der Waals surface area (Å²) in [5.74, 6) is 0. The highest BCUT2D eigenvalue weighted by Gasteiger charge is 2.18. The lowest BCUT2D eigenvalue weighted by Crippen LogP contribution is -2.38. The van der Waals surface area contributed by atoms with Gasteiger partial charge in [0.25, 0.3) is 0 Å². The van der Waals surface area contributed by atoms with Crippen molar-refractivity contribution in [3.05, 3.63) is 33.8 Å². The number of morpholine rings is 1. The molecule has 118 valence electrons. The minimum absolute atomic E-state index is 0.249. The fraction of sp³-hybridized carbons (Fsp3) is 0.625. The number of halogens is 2. The summed E-state index contributed by atoms with van der Waals surface area (Å²) in [5, 5.41) is 4.90. The fourth-order valence-electron chi connectivity index (χ4n) is 2.61. The number of hydrogen-bond donors (Lipinski definition) is 1. The van der Waals surface area contributed by atoms with Crippen LogP contribution in [-0.4, -0.2) is 44.3 Å². The minimum Gasteiger partial charge on any atom is -0.379 e. The summed E-state index contributed by atoms with van der Waals surface area (Å²) >= 11 is 12.5. The lowest BCUT2D eigenvalue weighted by Gasteiger charge is -2.29. The van der Waals surface area contributed by atoms with Gasteiger partial charge in [-0.1, -0.05) is 42.3 Å². The molecule has 0 amide bonds. The average molecular weight is 331 g/mol. The Kier molecular flexibility index (Phi) is 7.27. The van der Waals surface area contributed by atoms with Gasteiger partial charge in [0.1, 0.15) is 0 Å². The van der Waals surface area contributed by atoms with E-state index < -0.39 is 0 Å². The largest absolute Gasteiger partial charge is 0.379 e. The zero-order valence-corrected chi connectivity index (χ0v) is 14.1. The molecule has 1 unspecified atom stereocenters. The number of hydrogen-bond acceptors (Lipinski definition) is 3. The second-order valence-corrected chi connectivity index (χ2v) is 6.18. The van der Waals surface area contributed by atoms with E-state index in [1.165, 1.54) is 0 Å². The van der Waals surface area contributed by atoms with Crippen molar-refractivity contribution in [1.29, 1.82) is 0 Å². The number of nitrogens with zero attached hydrogens (tertiary/aromatic N) is 1. The highest BCUT2D eigenvalue weighted by molar-refractivity contribution is 6.42. The standard InChI is InChI=1S/C16H24Cl2N2O/c1-2-7-19-15(6-8-20-9-11-21-12-10-20)13-4-3-5-14(17)16(13)18/h3-5,15,19H,2,6-12H2,1H3. The zero-order chi connectivity index (χ0) is 15.1. The molecule has 0 radical (unpaired) electrons. The lowest BCUT2D eigenvalue weighted by atomic mass is 10.0. The van der Waals surface area contributed by atoms with Crippen LogP contribution < -0.4 is 5.32 Å². The maximum Gasteiger partial charge on any atom is 0.0640 e. The van der Waals surface area contributed by atoms with Gasteiger partial charge in [0.15, 0.2) is 0 Å². The third-order valence-electron chi connectivity index (χ3n) is 3.84. The molecule has 1 N–H and O–H groups in total. The third-order valence-corrected chi connectivity index (χ3v) is 4.67. The van der Waals surface area contributed by atoms with Crippen LogP contribution in [0.5, 0.6) is 0 Å². The Morgan fingerprint density at radius 1 is 1.29 bits per heavy atom. The highest BCUT2D eigenvalue weighted by atomic mass is 35.5. The summed E-state index contributed by atoms with van der Waals surface area (Å²) in [5.41, 5.74) is 1.10. The van der Waals surface area contributed by atoms with Crippen molar-refractivity contribution in [2.45, 2.75) is 25.8 Å². The van der Waals surface area contributed by atoms with Crippen molar-refractivity contribution in [1.82, 2.24) is 10.2 Å². The Bertz CT molecular complexity index is 436. The molecule has 2 rings (SSSR count). The molecule has 21 heavy (non-hydrogen) atoms. The predicted octanol–water partition coefficient (Wildman–Crippen LogP) is 3.76. The summed E-state index contributed by atoms with van der Waals surface area (Å²) in [7, 11) is 0. The summed E-state index contributed by atoms with van der Waals surface area (Å²) in [6.45, 7) is 7.92. The first-order valence-corrected chi connectivity index (χ1v) is 8.45. The average Bonchev–Trinajstić information content (AvgIpc) is 2.52. The molecular weight excluding hydrogens is 307 g/mol. The van der Waals surface area contributed by atoms with Crippen LogP contribution in [0.15, 0.2) is 18.2 Å². The molecule has 1 aliphatic rings. The SMILES string of the molecule is CCCNC(CCN1CCOCC1)c1cccc(Cl)c1Cl. The second-order valence-electron chi connectivity index (χ2n) is 5.39. The van der Waals surface area contributed by atoms with Gasteiger partial charge in [-0.05, 0) is 31.0 Å². The summed E-state index contributed by atoms with van der Waals surface area (Å²) in [6, 6.07) is 6.13. The van der Waals surface area contributed by atoms with Crippen LogP contribution in [0, 0.1) is 0 Å². The molecule has 1 atom stereocenters. The van der Waals surface area contributed by atoms with Gasteiger partial charge in [-0.2, -0.15) is 0 Å². The molecule has 1 heterocycles. The fourth-order valence-corrected chi connectivity index (χ4v) is 3.05. The number of benzene rings is 1. The Hall–Kier alpha value is -0.320. The van der Waals surface area contributed by atoms with Gasteiger partial charge in [0, 0.05) is 25.7 Å². The topological polar surface area (TPSA) is 24.5 Å². The molecule has 1 saturated heterocycles. The van der Waals surface area contributed by atoms with Gasteiger partial charge in [0.2, 0.25) is 0 Å². The molecule has 0 spiro atoms. The number of nitrogens with one attached hydrogen (secondary N) is 1. The Balaban J connectivity index is 2.01. The predicted molar refractivity (Wildman–Crippen MR) is 89.4 cm³/mol. The van der Waals surface area contributed by atoms with E-state index in [4.69, 9.17) is 27.9 Å². The highest BCUT2D eigenvalue weighted by Crippen LogP contribution is 2.31. The first-order valence-electron chi connectivity index (χ1n) is 7.69. The van der Waals surface area contributed by atoms with E-state index in [2.05, 4.69) is 23.2 Å². The van der Waals surface area contributed by atoms with Crippen molar-refractivity contribution in [2.24, 2.45) is 0 Å². The normalized spacial score (nSPS) is 17.9. The van der Waals surface area contributed by atoms with Gasteiger partial charge < -0.3 is 10.1 Å². The van der Waals surface area contributed by atoms with Gasteiger partial charge in [-0.3, -0.25) is 4.90 Å². The molecule has 1 aromatic carbocycles. The quantitative estimate of drug-likeness (QED) is 0.823. The molecule has 1 aromatic rings. The molecule has 1 fully saturated rings. The van der Waals surface area contributed by atoms with Crippen molar-refractivity contribution in [2.75, 3.05) is 39.4 Å². The van der Waals surface area contributed by atoms with E-state index in [9.17, 15) is 0 Å². The zero-order valence-electron chi connectivity index (χ0n) is 12.6. The maximum atomic E-state index is 6.38. The van der Waals surface area contributed by atoms with Crippen LogP contribution in [0.4, 0.5) is 0 Å². The lowest BCUT2D eigenvalue weighted by molar-refractivity contribution is 0.0361. The molecule has 5 heteroatoms. The number of ether oxygens (including phenoxy) is 1. The van der Waals surface area contributed by atoms with Crippen LogP contribution in [0.1, 0.15) is 31.4 Å². The first kappa shape index (κ1) is 17.0. The van der Waals surface area contributed by atoms with Crippen LogP contribution in [0.25, 0.3) is 0 Å². The summed E-state index contributed by atoms with van der Waals surface area (Å²) in [4.78, 5) is 2.45. The molecule has 0 aliphatic carbocycles. The van der Waals surface area contributed by atoms with Crippen molar-refractivity contribution < 1.29 is 4.74 Å². The Labute approximate surface area is 137 Å². The van der Waals surface area contributed by atoms with Crippen LogP contribution in [0.3, 0.4) is 0 Å². The molecular formula is C16H24Cl2N2O. The van der Waals surface area contributed by atoms with Gasteiger partial charge in [0.05, 0.1) is 23.3 Å². The smallest absolute Gasteiger partial charge is 0.0640 e. The van der Waals surface area contributed by atoms with Crippen molar-refractivity contribution >= 4 is 23.2 Å². The molecule has 3 nitrogen and oxygen atoms in total. The van der Waals surface area contributed by atoms with Crippen molar-refractivity contribution in [3.63, 3.8) is 0 Å². The van der Waals surface area contributed by atoms with Crippen LogP contribution >= 0.6 is 23.2 Å². The monoisotopic (exact) mass is 330 g/mol. The van der Waals surface area contributed by atoms with Crippen LogP contribution in [0.2, 0.25) is 10.0 Å². The van der Waals surface area contributed by atoms with E-state index in [0.29, 0.717) is 10.0 Å². The Morgan fingerprint density at radius 2 is 2.05 bits per heavy atom. The van der Waals surface area contributed by atoms with E-state index in [1.807, 2.05) is 12.1 Å². The second kappa shape index (κ2) is 8.96.